The van der Waals surface area contributed by atoms with Gasteiger partial charge in [-0.3, -0.25) is 0 Å². The summed E-state index contributed by atoms with van der Waals surface area (Å²) >= 11 is 7.28. The van der Waals surface area contributed by atoms with Crippen molar-refractivity contribution in [3.8, 4) is 17.5 Å². The van der Waals surface area contributed by atoms with Gasteiger partial charge in [-0.25, -0.2) is 14.8 Å². The highest BCUT2D eigenvalue weighted by Gasteiger charge is 2.27. The Hall–Kier alpha value is -3.04. The summed E-state index contributed by atoms with van der Waals surface area (Å²) in [7, 11) is 0. The predicted molar refractivity (Wildman–Crippen MR) is 119 cm³/mol. The van der Waals surface area contributed by atoms with Gasteiger partial charge in [-0.05, 0) is 48.6 Å². The van der Waals surface area contributed by atoms with Crippen LogP contribution in [-0.4, -0.2) is 23.2 Å². The lowest BCUT2D eigenvalue weighted by atomic mass is 9.89. The molecule has 0 spiro atoms. The second-order valence-electron chi connectivity index (χ2n) is 7.02. The van der Waals surface area contributed by atoms with E-state index in [0.717, 1.165) is 18.4 Å². The van der Waals surface area contributed by atoms with E-state index in [-0.39, 0.29) is 17.4 Å². The summed E-state index contributed by atoms with van der Waals surface area (Å²) in [5.41, 5.74) is 8.91. The van der Waals surface area contributed by atoms with Crippen molar-refractivity contribution in [1.82, 2.24) is 9.97 Å². The van der Waals surface area contributed by atoms with E-state index in [1.54, 1.807) is 18.4 Å². The highest BCUT2D eigenvalue weighted by Crippen LogP contribution is 2.42. The maximum Gasteiger partial charge on any atom is 0.232 e. The number of nitrogens with two attached hydrogens (primary N) is 1. The molecule has 1 aromatic carbocycles. The van der Waals surface area contributed by atoms with Crippen LogP contribution in [-0.2, 0) is 10.5 Å². The lowest BCUT2D eigenvalue weighted by Crippen LogP contribution is -2.18. The third kappa shape index (κ3) is 4.52. The van der Waals surface area contributed by atoms with E-state index < -0.39 is 0 Å². The van der Waals surface area contributed by atoms with Gasteiger partial charge in [0.25, 0.3) is 0 Å². The molecule has 31 heavy (non-hydrogen) atoms. The van der Waals surface area contributed by atoms with Gasteiger partial charge in [0.05, 0.1) is 24.4 Å². The summed E-state index contributed by atoms with van der Waals surface area (Å²) in [4.78, 5) is 12.4. The molecule has 156 valence electrons. The Morgan fingerprint density at radius 2 is 2.13 bits per heavy atom. The van der Waals surface area contributed by atoms with Gasteiger partial charge < -0.3 is 14.9 Å². The molecule has 0 bridgehead atoms. The Labute approximate surface area is 189 Å². The van der Waals surface area contributed by atoms with Gasteiger partial charge in [0.15, 0.2) is 0 Å². The van der Waals surface area contributed by atoms with Crippen molar-refractivity contribution in [1.29, 1.82) is 5.26 Å². The lowest BCUT2D eigenvalue weighted by molar-refractivity contribution is 0.0805. The number of thioether (sulfide) groups is 1. The van der Waals surface area contributed by atoms with Crippen LogP contribution >= 0.6 is 23.4 Å². The molecule has 4 rings (SSSR count). The first-order chi connectivity index (χ1) is 15.1. The molecule has 0 aliphatic carbocycles. The molecule has 1 fully saturated rings. The van der Waals surface area contributed by atoms with Crippen LogP contribution in [0.25, 0.3) is 16.3 Å². The topological polar surface area (TPSA) is 102 Å². The molecule has 0 radical (unpaired) electrons. The average molecular weight is 452 g/mol. The first-order valence-electron chi connectivity index (χ1n) is 9.62. The Kier molecular flexibility index (Phi) is 6.43. The Bertz CT molecular complexity index is 1170. The smallest absolute Gasteiger partial charge is 0.232 e. The van der Waals surface area contributed by atoms with Crippen LogP contribution in [0.15, 0.2) is 40.0 Å². The van der Waals surface area contributed by atoms with Gasteiger partial charge in [-0.1, -0.05) is 23.4 Å². The van der Waals surface area contributed by atoms with Crippen LogP contribution in [0.1, 0.15) is 35.6 Å². The van der Waals surface area contributed by atoms with Gasteiger partial charge in [-0.15, -0.1) is 0 Å². The molecule has 3 heterocycles. The number of ether oxygens (including phenoxy) is 1. The molecule has 1 aliphatic heterocycles. The fraction of sp³-hybridized carbons (Fsp3) is 0.273. The standard InChI is InChI=1S/C22H18ClN5O2S/c1-26-19-18(14-3-2-8-29-10-14)17(9-24)22(28-20(19)25)31-12-16-11-30-21(27-16)13-4-6-15(23)7-5-13/h4-7,11,14H,2-3,8,10,12H2,(H2,25,28). The molecule has 7 nitrogen and oxygen atoms in total. The summed E-state index contributed by atoms with van der Waals surface area (Å²) in [6.07, 6.45) is 3.30. The normalized spacial score (nSPS) is 15.9. The zero-order valence-electron chi connectivity index (χ0n) is 16.5. The molecule has 2 aromatic heterocycles. The summed E-state index contributed by atoms with van der Waals surface area (Å²) < 4.78 is 11.2. The largest absolute Gasteiger partial charge is 0.444 e. The Balaban J connectivity index is 1.60. The molecule has 1 saturated heterocycles. The van der Waals surface area contributed by atoms with Gasteiger partial charge in [0, 0.05) is 22.9 Å². The number of pyridine rings is 1. The van der Waals surface area contributed by atoms with Crippen LogP contribution in [0.2, 0.25) is 5.02 Å². The van der Waals surface area contributed by atoms with Crippen molar-refractivity contribution in [2.24, 2.45) is 0 Å². The number of aromatic nitrogens is 2. The summed E-state index contributed by atoms with van der Waals surface area (Å²) in [5, 5.41) is 11.0. The maximum atomic E-state index is 9.88. The first kappa shape index (κ1) is 21.2. The number of nitrogens with zero attached hydrogens (tertiary/aromatic N) is 4. The van der Waals surface area contributed by atoms with Crippen LogP contribution in [0, 0.1) is 17.9 Å². The van der Waals surface area contributed by atoms with Gasteiger partial charge in [-0.2, -0.15) is 5.26 Å². The maximum absolute atomic E-state index is 9.88. The van der Waals surface area contributed by atoms with E-state index in [1.807, 2.05) is 12.1 Å². The number of nitriles is 1. The van der Waals surface area contributed by atoms with Crippen molar-refractivity contribution < 1.29 is 9.15 Å². The van der Waals surface area contributed by atoms with Crippen molar-refractivity contribution in [2.75, 3.05) is 18.9 Å². The predicted octanol–water partition coefficient (Wildman–Crippen LogP) is 5.58. The monoisotopic (exact) mass is 451 g/mol. The molecular formula is C22H18ClN5O2S. The number of oxazole rings is 1. The Morgan fingerprint density at radius 3 is 2.81 bits per heavy atom. The fourth-order valence-corrected chi connectivity index (χ4v) is 4.53. The minimum absolute atomic E-state index is 0.0410. The van der Waals surface area contributed by atoms with E-state index >= 15 is 0 Å². The van der Waals surface area contributed by atoms with Gasteiger partial charge in [0.2, 0.25) is 11.6 Å². The number of anilines is 1. The van der Waals surface area contributed by atoms with Crippen LogP contribution in [0.4, 0.5) is 11.5 Å². The van der Waals surface area contributed by atoms with E-state index in [0.29, 0.717) is 51.7 Å². The van der Waals surface area contributed by atoms with Crippen molar-refractivity contribution in [3.63, 3.8) is 0 Å². The van der Waals surface area contributed by atoms with Gasteiger partial charge >= 0.3 is 0 Å². The van der Waals surface area contributed by atoms with Crippen molar-refractivity contribution in [2.45, 2.75) is 29.5 Å². The number of nitrogen functional groups attached to an aromatic ring is 1. The molecule has 1 atom stereocenters. The summed E-state index contributed by atoms with van der Waals surface area (Å²) in [5.74, 6) is 1.03. The second-order valence-corrected chi connectivity index (χ2v) is 8.42. The number of hydrogen-bond donors (Lipinski definition) is 1. The van der Waals surface area contributed by atoms with Crippen LogP contribution in [0.3, 0.4) is 0 Å². The van der Waals surface area contributed by atoms with Crippen molar-refractivity contribution >= 4 is 34.9 Å². The number of benzene rings is 1. The van der Waals surface area contributed by atoms with E-state index in [2.05, 4.69) is 20.9 Å². The fourth-order valence-electron chi connectivity index (χ4n) is 3.53. The molecule has 1 aliphatic rings. The molecule has 9 heteroatoms. The van der Waals surface area contributed by atoms with E-state index in [9.17, 15) is 5.26 Å². The minimum atomic E-state index is -0.0410. The van der Waals surface area contributed by atoms with Crippen LogP contribution < -0.4 is 5.73 Å². The summed E-state index contributed by atoms with van der Waals surface area (Å²) in [6.45, 7) is 8.70. The molecule has 0 saturated carbocycles. The van der Waals surface area contributed by atoms with E-state index in [1.165, 1.54) is 11.8 Å². The molecule has 0 amide bonds. The number of halogens is 1. The second kappa shape index (κ2) is 9.40. The SMILES string of the molecule is [C-]#[N+]c1c(N)nc(SCc2coc(-c3ccc(Cl)cc3)n2)c(C#N)c1C1CCCOC1. The quantitative estimate of drug-likeness (QED) is 0.399. The Morgan fingerprint density at radius 1 is 1.32 bits per heavy atom. The number of rotatable bonds is 5. The summed E-state index contributed by atoms with van der Waals surface area (Å²) in [6, 6.07) is 9.46. The molecule has 2 N–H and O–H groups in total. The van der Waals surface area contributed by atoms with Crippen LogP contribution in [0.5, 0.6) is 0 Å². The zero-order valence-corrected chi connectivity index (χ0v) is 18.0. The zero-order chi connectivity index (χ0) is 21.8. The third-order valence-electron chi connectivity index (χ3n) is 4.99. The number of hydrogen-bond acceptors (Lipinski definition) is 7. The third-order valence-corrected chi connectivity index (χ3v) is 6.26. The van der Waals surface area contributed by atoms with E-state index in [4.69, 9.17) is 33.1 Å². The van der Waals surface area contributed by atoms with Crippen molar-refractivity contribution in [3.05, 3.63) is 63.8 Å². The first-order valence-corrected chi connectivity index (χ1v) is 11.0. The minimum Gasteiger partial charge on any atom is -0.444 e. The highest BCUT2D eigenvalue weighted by atomic mass is 35.5. The molecule has 3 aromatic rings. The average Bonchev–Trinajstić information content (AvgIpc) is 3.27. The molecular weight excluding hydrogens is 434 g/mol. The van der Waals surface area contributed by atoms with Gasteiger partial charge in [0.1, 0.15) is 23.2 Å². The molecule has 1 unspecified atom stereocenters. The highest BCUT2D eigenvalue weighted by molar-refractivity contribution is 7.98. The lowest BCUT2D eigenvalue weighted by Gasteiger charge is -2.25.